The van der Waals surface area contributed by atoms with Crippen molar-refractivity contribution in [2.75, 3.05) is 5.73 Å². The highest BCUT2D eigenvalue weighted by molar-refractivity contribution is 5.96. The van der Waals surface area contributed by atoms with E-state index >= 15 is 0 Å². The number of nitrogens with zero attached hydrogens (tertiary/aromatic N) is 4. The maximum Gasteiger partial charge on any atom is 0.200 e. The summed E-state index contributed by atoms with van der Waals surface area (Å²) in [6, 6.07) is 1.98. The zero-order valence-electron chi connectivity index (χ0n) is 10.0. The molecule has 2 aromatic heterocycles. The molecule has 3 rings (SSSR count). The Hall–Kier alpha value is -2.17. The molecule has 2 N–H and O–H groups in total. The second-order valence-electron chi connectivity index (χ2n) is 4.28. The predicted molar refractivity (Wildman–Crippen MR) is 67.7 cm³/mol. The minimum absolute atomic E-state index is 0.509. The minimum Gasteiger partial charge on any atom is -0.369 e. The van der Waals surface area contributed by atoms with Crippen LogP contribution in [-0.4, -0.2) is 19.5 Å². The molecule has 0 fully saturated rings. The van der Waals surface area contributed by atoms with E-state index in [1.165, 1.54) is 0 Å². The number of imidazole rings is 1. The molecule has 0 aliphatic heterocycles. The van der Waals surface area contributed by atoms with Crippen molar-refractivity contribution in [1.29, 1.82) is 0 Å². The summed E-state index contributed by atoms with van der Waals surface area (Å²) in [5.41, 5.74) is 11.4. The Kier molecular flexibility index (Phi) is 1.86. The smallest absolute Gasteiger partial charge is 0.200 e. The Morgan fingerprint density at radius 3 is 2.71 bits per heavy atom. The molecule has 17 heavy (non-hydrogen) atoms. The summed E-state index contributed by atoms with van der Waals surface area (Å²) in [4.78, 5) is 13.3. The van der Waals surface area contributed by atoms with Crippen LogP contribution in [0, 0.1) is 13.8 Å². The second kappa shape index (κ2) is 3.16. The lowest BCUT2D eigenvalue weighted by Crippen LogP contribution is -1.96. The summed E-state index contributed by atoms with van der Waals surface area (Å²) in [6.45, 7) is 3.94. The van der Waals surface area contributed by atoms with Crippen LogP contribution in [0.4, 0.5) is 5.95 Å². The van der Waals surface area contributed by atoms with Crippen LogP contribution in [0.5, 0.6) is 0 Å². The van der Waals surface area contributed by atoms with Crippen LogP contribution >= 0.6 is 0 Å². The molecular weight excluding hydrogens is 214 g/mol. The lowest BCUT2D eigenvalue weighted by Gasteiger charge is -2.03. The van der Waals surface area contributed by atoms with Crippen molar-refractivity contribution >= 4 is 28.0 Å². The first-order chi connectivity index (χ1) is 8.08. The van der Waals surface area contributed by atoms with Gasteiger partial charge >= 0.3 is 0 Å². The van der Waals surface area contributed by atoms with Gasteiger partial charge in [0.2, 0.25) is 5.95 Å². The molecule has 5 heteroatoms. The topological polar surface area (TPSA) is 69.6 Å². The van der Waals surface area contributed by atoms with Crippen molar-refractivity contribution < 1.29 is 0 Å². The van der Waals surface area contributed by atoms with E-state index in [1.807, 2.05) is 31.5 Å². The molecule has 3 aromatic rings. The fourth-order valence-corrected chi connectivity index (χ4v) is 2.08. The Labute approximate surface area is 98.3 Å². The van der Waals surface area contributed by atoms with E-state index in [1.54, 1.807) is 6.20 Å². The van der Waals surface area contributed by atoms with E-state index < -0.39 is 0 Å². The van der Waals surface area contributed by atoms with Gasteiger partial charge in [0.25, 0.3) is 0 Å². The highest BCUT2D eigenvalue weighted by Gasteiger charge is 2.12. The van der Waals surface area contributed by atoms with Gasteiger partial charge in [-0.3, -0.25) is 4.98 Å². The molecular formula is C12H13N5. The molecule has 5 nitrogen and oxygen atoms in total. The highest BCUT2D eigenvalue weighted by atomic mass is 15.1. The Balaban J connectivity index is 2.57. The van der Waals surface area contributed by atoms with Gasteiger partial charge in [0.1, 0.15) is 0 Å². The standard InChI is InChI=1S/C12H13N5/c1-6-5-14-8-4-9-11(7(2)10(8)15-6)16-12(13)17(9)3/h4-5H,1-3H3,(H2,13,16). The number of anilines is 1. The highest BCUT2D eigenvalue weighted by Crippen LogP contribution is 2.26. The van der Waals surface area contributed by atoms with Gasteiger partial charge in [0.05, 0.1) is 27.8 Å². The first-order valence-electron chi connectivity index (χ1n) is 5.43. The molecule has 0 spiro atoms. The normalized spacial score (nSPS) is 11.5. The summed E-state index contributed by atoms with van der Waals surface area (Å²) >= 11 is 0. The van der Waals surface area contributed by atoms with Gasteiger partial charge in [-0.05, 0) is 19.9 Å². The van der Waals surface area contributed by atoms with Crippen molar-refractivity contribution in [2.45, 2.75) is 13.8 Å². The number of aromatic nitrogens is 4. The summed E-state index contributed by atoms with van der Waals surface area (Å²) in [6.07, 6.45) is 1.77. The molecule has 1 aromatic carbocycles. The molecule has 0 saturated carbocycles. The average molecular weight is 227 g/mol. The fraction of sp³-hybridized carbons (Fsp3) is 0.250. The minimum atomic E-state index is 0.509. The zero-order chi connectivity index (χ0) is 12.2. The van der Waals surface area contributed by atoms with Gasteiger partial charge in [-0.15, -0.1) is 0 Å². The van der Waals surface area contributed by atoms with E-state index in [9.17, 15) is 0 Å². The van der Waals surface area contributed by atoms with Crippen molar-refractivity contribution in [3.05, 3.63) is 23.5 Å². The number of aryl methyl sites for hydroxylation is 3. The second-order valence-corrected chi connectivity index (χ2v) is 4.28. The number of rotatable bonds is 0. The van der Waals surface area contributed by atoms with Crippen molar-refractivity contribution in [3.8, 4) is 0 Å². The number of nitrogens with two attached hydrogens (primary N) is 1. The maximum atomic E-state index is 5.83. The third-order valence-electron chi connectivity index (χ3n) is 3.08. The number of hydrogen-bond donors (Lipinski definition) is 1. The summed E-state index contributed by atoms with van der Waals surface area (Å²) in [7, 11) is 1.90. The first kappa shape index (κ1) is 10.0. The average Bonchev–Trinajstić information content (AvgIpc) is 2.58. The lowest BCUT2D eigenvalue weighted by atomic mass is 10.1. The fourth-order valence-electron chi connectivity index (χ4n) is 2.08. The Morgan fingerprint density at radius 2 is 1.94 bits per heavy atom. The Morgan fingerprint density at radius 1 is 1.18 bits per heavy atom. The number of benzene rings is 1. The molecule has 0 unspecified atom stereocenters. The number of hydrogen-bond acceptors (Lipinski definition) is 4. The summed E-state index contributed by atoms with van der Waals surface area (Å²) in [5, 5.41) is 0. The molecule has 2 heterocycles. The molecule has 0 atom stereocenters. The molecule has 0 saturated heterocycles. The quantitative estimate of drug-likeness (QED) is 0.634. The lowest BCUT2D eigenvalue weighted by molar-refractivity contribution is 0.965. The van der Waals surface area contributed by atoms with Gasteiger partial charge in [-0.25, -0.2) is 9.97 Å². The SMILES string of the molecule is Cc1cnc2cc3c(nc(N)n3C)c(C)c2n1. The maximum absolute atomic E-state index is 5.83. The van der Waals surface area contributed by atoms with Gasteiger partial charge < -0.3 is 10.3 Å². The van der Waals surface area contributed by atoms with E-state index in [0.717, 1.165) is 33.3 Å². The first-order valence-corrected chi connectivity index (χ1v) is 5.43. The molecule has 0 aliphatic rings. The van der Waals surface area contributed by atoms with E-state index in [4.69, 9.17) is 5.73 Å². The van der Waals surface area contributed by atoms with Crippen LogP contribution in [0.3, 0.4) is 0 Å². The third-order valence-corrected chi connectivity index (χ3v) is 3.08. The van der Waals surface area contributed by atoms with Crippen molar-refractivity contribution in [2.24, 2.45) is 7.05 Å². The Bertz CT molecular complexity index is 742. The van der Waals surface area contributed by atoms with Crippen LogP contribution in [0.2, 0.25) is 0 Å². The van der Waals surface area contributed by atoms with Gasteiger partial charge in [0, 0.05) is 18.8 Å². The van der Waals surface area contributed by atoms with Crippen LogP contribution in [0.15, 0.2) is 12.3 Å². The van der Waals surface area contributed by atoms with Crippen LogP contribution in [0.1, 0.15) is 11.3 Å². The van der Waals surface area contributed by atoms with Crippen LogP contribution in [-0.2, 0) is 7.05 Å². The molecule has 0 amide bonds. The molecule has 86 valence electrons. The largest absolute Gasteiger partial charge is 0.369 e. The summed E-state index contributed by atoms with van der Waals surface area (Å²) < 4.78 is 1.86. The van der Waals surface area contributed by atoms with Gasteiger partial charge in [0.15, 0.2) is 0 Å². The number of fused-ring (bicyclic) bond motifs is 2. The molecule has 0 bridgehead atoms. The van der Waals surface area contributed by atoms with Crippen LogP contribution in [0.25, 0.3) is 22.1 Å². The molecule has 0 radical (unpaired) electrons. The van der Waals surface area contributed by atoms with E-state index in [2.05, 4.69) is 15.0 Å². The van der Waals surface area contributed by atoms with Crippen molar-refractivity contribution in [1.82, 2.24) is 19.5 Å². The van der Waals surface area contributed by atoms with E-state index in [-0.39, 0.29) is 0 Å². The van der Waals surface area contributed by atoms with E-state index in [0.29, 0.717) is 5.95 Å². The molecule has 0 aliphatic carbocycles. The zero-order valence-corrected chi connectivity index (χ0v) is 10.0. The third kappa shape index (κ3) is 1.28. The summed E-state index contributed by atoms with van der Waals surface area (Å²) in [5.74, 6) is 0.509. The van der Waals surface area contributed by atoms with Gasteiger partial charge in [-0.2, -0.15) is 0 Å². The number of nitrogen functional groups attached to an aromatic ring is 1. The van der Waals surface area contributed by atoms with Gasteiger partial charge in [-0.1, -0.05) is 0 Å². The van der Waals surface area contributed by atoms with Crippen LogP contribution < -0.4 is 5.73 Å². The van der Waals surface area contributed by atoms with Crippen molar-refractivity contribution in [3.63, 3.8) is 0 Å². The monoisotopic (exact) mass is 227 g/mol. The predicted octanol–water partition coefficient (Wildman–Crippen LogP) is 1.72.